The summed E-state index contributed by atoms with van der Waals surface area (Å²) in [6, 6.07) is 5.21. The molecule has 3 rings (SSSR count). The van der Waals surface area contributed by atoms with E-state index in [1.807, 2.05) is 24.0 Å². The van der Waals surface area contributed by atoms with Crippen molar-refractivity contribution >= 4 is 17.7 Å². The number of aromatic amines is 1. The third-order valence-corrected chi connectivity index (χ3v) is 4.39. The molecule has 0 radical (unpaired) electrons. The van der Waals surface area contributed by atoms with Gasteiger partial charge in [0.1, 0.15) is 11.4 Å². The molecule has 1 saturated heterocycles. The van der Waals surface area contributed by atoms with Crippen LogP contribution in [0.3, 0.4) is 0 Å². The van der Waals surface area contributed by atoms with Crippen molar-refractivity contribution in [2.45, 2.75) is 32.6 Å². The second-order valence-corrected chi connectivity index (χ2v) is 6.41. The third-order valence-electron chi connectivity index (χ3n) is 3.37. The first-order valence-electron chi connectivity index (χ1n) is 7.19. The number of nitrogens with one attached hydrogen (secondary N) is 1. The van der Waals surface area contributed by atoms with Crippen LogP contribution in [-0.4, -0.2) is 34.6 Å². The van der Waals surface area contributed by atoms with E-state index in [1.165, 1.54) is 36.7 Å². The van der Waals surface area contributed by atoms with Crippen molar-refractivity contribution < 1.29 is 13.6 Å². The summed E-state index contributed by atoms with van der Waals surface area (Å²) in [5.41, 5.74) is 0.449. The highest BCUT2D eigenvalue weighted by atomic mass is 32.1. The molecule has 1 amide bonds. The minimum Gasteiger partial charge on any atom is -0.345 e. The third kappa shape index (κ3) is 4.62. The Labute approximate surface area is 132 Å². The summed E-state index contributed by atoms with van der Waals surface area (Å²) in [7, 11) is 0. The first kappa shape index (κ1) is 16.6. The van der Waals surface area contributed by atoms with E-state index in [2.05, 4.69) is 10.2 Å². The zero-order chi connectivity index (χ0) is 15.9. The van der Waals surface area contributed by atoms with Crippen molar-refractivity contribution in [3.63, 3.8) is 0 Å². The van der Waals surface area contributed by atoms with Crippen molar-refractivity contribution in [3.8, 4) is 10.6 Å². The van der Waals surface area contributed by atoms with Crippen LogP contribution in [0.25, 0.3) is 10.6 Å². The topological polar surface area (TPSA) is 49.0 Å². The van der Waals surface area contributed by atoms with Crippen molar-refractivity contribution in [3.05, 3.63) is 28.8 Å². The summed E-state index contributed by atoms with van der Waals surface area (Å²) in [4.78, 5) is 14.0. The molecule has 4 nitrogen and oxygen atoms in total. The van der Waals surface area contributed by atoms with Gasteiger partial charge in [-0.25, -0.2) is 8.78 Å². The summed E-state index contributed by atoms with van der Waals surface area (Å²) >= 11 is 1.54. The molecule has 0 aliphatic carbocycles. The van der Waals surface area contributed by atoms with Crippen molar-refractivity contribution in [1.82, 2.24) is 15.1 Å². The Balaban J connectivity index is 0.000000188. The fourth-order valence-electron chi connectivity index (χ4n) is 2.17. The molecular formula is C15H19F2N3OS. The van der Waals surface area contributed by atoms with Gasteiger partial charge in [0.15, 0.2) is 0 Å². The molecule has 22 heavy (non-hydrogen) atoms. The minimum absolute atomic E-state index is 0.133. The number of thiophene rings is 1. The lowest BCUT2D eigenvalue weighted by atomic mass is 10.1. The average Bonchev–Trinajstić information content (AvgIpc) is 3.17. The average molecular weight is 327 g/mol. The molecule has 0 atom stereocenters. The summed E-state index contributed by atoms with van der Waals surface area (Å²) < 4.78 is 24.5. The molecule has 0 unspecified atom stereocenters. The quantitative estimate of drug-likeness (QED) is 0.866. The van der Waals surface area contributed by atoms with Gasteiger partial charge < -0.3 is 4.90 Å². The lowest BCUT2D eigenvalue weighted by molar-refractivity contribution is -0.118. The Bertz CT molecular complexity index is 591. The van der Waals surface area contributed by atoms with Gasteiger partial charge in [0.05, 0.1) is 4.88 Å². The van der Waals surface area contributed by atoms with Crippen LogP contribution in [-0.2, 0) is 4.79 Å². The number of carbonyl (C=O) groups is 1. The lowest BCUT2D eigenvalue weighted by Gasteiger charge is -2.21. The Morgan fingerprint density at radius 3 is 2.50 bits per heavy atom. The molecule has 0 bridgehead atoms. The van der Waals surface area contributed by atoms with Gasteiger partial charge in [0, 0.05) is 18.0 Å². The van der Waals surface area contributed by atoms with Gasteiger partial charge in [-0.05, 0) is 44.4 Å². The standard InChI is InChI=1S/C9H8F2N2S.C6H11NO/c1-5-2-3-8(14-5)6-4-7(9(10)11)13-12-6;8-6-7-4-2-1-3-5-7/h2-4,9H,1H3,(H,12,13);6H,1-5H2. The maximum atomic E-state index is 12.2. The van der Waals surface area contributed by atoms with E-state index in [-0.39, 0.29) is 5.69 Å². The van der Waals surface area contributed by atoms with E-state index in [1.54, 1.807) is 0 Å². The summed E-state index contributed by atoms with van der Waals surface area (Å²) in [5.74, 6) is 0. The second-order valence-electron chi connectivity index (χ2n) is 5.12. The normalized spacial score (nSPS) is 14.6. The number of hydrogen-bond donors (Lipinski definition) is 1. The van der Waals surface area contributed by atoms with Crippen LogP contribution in [0.1, 0.15) is 36.3 Å². The Hall–Kier alpha value is -1.76. The molecule has 2 aromatic heterocycles. The lowest BCUT2D eigenvalue weighted by Crippen LogP contribution is -2.27. The van der Waals surface area contributed by atoms with Crippen LogP contribution < -0.4 is 0 Å². The number of halogens is 2. The molecule has 2 aromatic rings. The van der Waals surface area contributed by atoms with Crippen molar-refractivity contribution in [1.29, 1.82) is 0 Å². The summed E-state index contributed by atoms with van der Waals surface area (Å²) in [5, 5.41) is 6.15. The van der Waals surface area contributed by atoms with Gasteiger partial charge in [0.25, 0.3) is 6.43 Å². The molecule has 120 valence electrons. The number of aryl methyl sites for hydroxylation is 1. The SMILES string of the molecule is Cc1ccc(-c2cc(C(F)F)[nH]n2)s1.O=CN1CCCCC1. The number of carbonyl (C=O) groups excluding carboxylic acids is 1. The molecule has 1 aliphatic heterocycles. The van der Waals surface area contributed by atoms with Gasteiger partial charge in [-0.15, -0.1) is 11.3 Å². The molecule has 1 fully saturated rings. The number of alkyl halides is 2. The molecular weight excluding hydrogens is 308 g/mol. The number of rotatable bonds is 3. The Kier molecular flexibility index (Phi) is 6.06. The number of hydrogen-bond acceptors (Lipinski definition) is 3. The fourth-order valence-corrected chi connectivity index (χ4v) is 3.00. The fraction of sp³-hybridized carbons (Fsp3) is 0.467. The van der Waals surface area contributed by atoms with Crippen molar-refractivity contribution in [2.75, 3.05) is 13.1 Å². The van der Waals surface area contributed by atoms with Crippen LogP contribution in [0.5, 0.6) is 0 Å². The zero-order valence-corrected chi connectivity index (χ0v) is 13.2. The number of H-pyrrole nitrogens is 1. The monoisotopic (exact) mass is 327 g/mol. The summed E-state index contributed by atoms with van der Waals surface area (Å²) in [6.07, 6.45) is 2.14. The molecule has 0 saturated carbocycles. The molecule has 0 aromatic carbocycles. The summed E-state index contributed by atoms with van der Waals surface area (Å²) in [6.45, 7) is 3.92. The van der Waals surface area contributed by atoms with Gasteiger partial charge in [0.2, 0.25) is 6.41 Å². The molecule has 0 spiro atoms. The highest BCUT2D eigenvalue weighted by molar-refractivity contribution is 7.15. The molecule has 1 N–H and O–H groups in total. The number of aromatic nitrogens is 2. The molecule has 7 heteroatoms. The first-order valence-corrected chi connectivity index (χ1v) is 8.01. The van der Waals surface area contributed by atoms with E-state index >= 15 is 0 Å². The van der Waals surface area contributed by atoms with Gasteiger partial charge in [-0.1, -0.05) is 0 Å². The number of amides is 1. The van der Waals surface area contributed by atoms with Crippen LogP contribution in [0.4, 0.5) is 8.78 Å². The van der Waals surface area contributed by atoms with E-state index < -0.39 is 6.43 Å². The number of likely N-dealkylation sites (tertiary alicyclic amines) is 1. The largest absolute Gasteiger partial charge is 0.345 e. The number of nitrogens with zero attached hydrogens (tertiary/aromatic N) is 2. The predicted molar refractivity (Wildman–Crippen MR) is 83.1 cm³/mol. The predicted octanol–water partition coefficient (Wildman–Crippen LogP) is 4.01. The second kappa shape index (κ2) is 8.03. The van der Waals surface area contributed by atoms with Crippen LogP contribution >= 0.6 is 11.3 Å². The van der Waals surface area contributed by atoms with Crippen molar-refractivity contribution in [2.24, 2.45) is 0 Å². The van der Waals surface area contributed by atoms with Crippen LogP contribution in [0.15, 0.2) is 18.2 Å². The van der Waals surface area contributed by atoms with E-state index in [9.17, 15) is 13.6 Å². The highest BCUT2D eigenvalue weighted by Crippen LogP contribution is 2.28. The van der Waals surface area contributed by atoms with E-state index in [4.69, 9.17) is 0 Å². The molecule has 3 heterocycles. The zero-order valence-electron chi connectivity index (χ0n) is 12.4. The van der Waals surface area contributed by atoms with E-state index in [0.717, 1.165) is 29.3 Å². The van der Waals surface area contributed by atoms with Gasteiger partial charge >= 0.3 is 0 Å². The van der Waals surface area contributed by atoms with Gasteiger partial charge in [-0.3, -0.25) is 9.89 Å². The van der Waals surface area contributed by atoms with E-state index in [0.29, 0.717) is 5.69 Å². The number of piperidine rings is 1. The Morgan fingerprint density at radius 2 is 2.05 bits per heavy atom. The first-order chi connectivity index (χ1) is 10.6. The van der Waals surface area contributed by atoms with Crippen LogP contribution in [0.2, 0.25) is 0 Å². The smallest absolute Gasteiger partial charge is 0.279 e. The minimum atomic E-state index is -2.49. The van der Waals surface area contributed by atoms with Crippen LogP contribution in [0, 0.1) is 6.92 Å². The maximum absolute atomic E-state index is 12.2. The maximum Gasteiger partial charge on any atom is 0.279 e. The molecule has 1 aliphatic rings. The highest BCUT2D eigenvalue weighted by Gasteiger charge is 2.12. The Morgan fingerprint density at radius 1 is 1.32 bits per heavy atom. The van der Waals surface area contributed by atoms with Gasteiger partial charge in [-0.2, -0.15) is 5.10 Å².